The molecule has 0 unspecified atom stereocenters. The molecule has 2 amide bonds. The molecule has 4 rings (SSSR count). The van der Waals surface area contributed by atoms with E-state index in [1.807, 2.05) is 29.8 Å². The van der Waals surface area contributed by atoms with E-state index >= 15 is 0 Å². The van der Waals surface area contributed by atoms with Gasteiger partial charge in [0, 0.05) is 29.6 Å². The molecule has 0 spiro atoms. The molecule has 144 valence electrons. The molecule has 1 aliphatic heterocycles. The summed E-state index contributed by atoms with van der Waals surface area (Å²) in [5.41, 5.74) is 9.04. The van der Waals surface area contributed by atoms with Gasteiger partial charge < -0.3 is 16.0 Å². The highest BCUT2D eigenvalue weighted by molar-refractivity contribution is 7.17. The zero-order valence-electron chi connectivity index (χ0n) is 15.4. The number of aromatic nitrogens is 1. The Morgan fingerprint density at radius 3 is 2.68 bits per heavy atom. The number of aryl methyl sites for hydroxylation is 1. The molecule has 3 heterocycles. The van der Waals surface area contributed by atoms with Gasteiger partial charge in [0.2, 0.25) is 5.91 Å². The average Bonchev–Trinajstić information content (AvgIpc) is 3.43. The van der Waals surface area contributed by atoms with Gasteiger partial charge in [0.05, 0.1) is 17.1 Å². The summed E-state index contributed by atoms with van der Waals surface area (Å²) in [4.78, 5) is 31.9. The van der Waals surface area contributed by atoms with Gasteiger partial charge in [-0.25, -0.2) is 4.98 Å². The van der Waals surface area contributed by atoms with Crippen LogP contribution in [0.4, 0.5) is 11.4 Å². The second kappa shape index (κ2) is 7.73. The average molecular weight is 413 g/mol. The van der Waals surface area contributed by atoms with Crippen molar-refractivity contribution < 1.29 is 9.59 Å². The number of benzene rings is 1. The topological polar surface area (TPSA) is 88.3 Å². The van der Waals surface area contributed by atoms with Crippen molar-refractivity contribution in [3.05, 3.63) is 51.2 Å². The first kappa shape index (κ1) is 18.6. The van der Waals surface area contributed by atoms with E-state index in [0.29, 0.717) is 21.8 Å². The summed E-state index contributed by atoms with van der Waals surface area (Å²) in [6, 6.07) is 7.21. The molecule has 3 N–H and O–H groups in total. The zero-order valence-corrected chi connectivity index (χ0v) is 17.0. The highest BCUT2D eigenvalue weighted by Crippen LogP contribution is 2.33. The van der Waals surface area contributed by atoms with Gasteiger partial charge in [0.1, 0.15) is 9.88 Å². The largest absolute Gasteiger partial charge is 0.370 e. The summed E-state index contributed by atoms with van der Waals surface area (Å²) in [6.07, 6.45) is 2.23. The molecule has 0 atom stereocenters. The minimum Gasteiger partial charge on any atom is -0.370 e. The number of nitrogens with zero attached hydrogens (tertiary/aromatic N) is 2. The van der Waals surface area contributed by atoms with Crippen molar-refractivity contribution in [2.45, 2.75) is 19.8 Å². The van der Waals surface area contributed by atoms with Gasteiger partial charge in [-0.2, -0.15) is 11.3 Å². The number of nitrogens with two attached hydrogens (primary N) is 1. The van der Waals surface area contributed by atoms with Crippen molar-refractivity contribution in [2.24, 2.45) is 5.73 Å². The third kappa shape index (κ3) is 3.65. The molecular formula is C20H20N4O2S2. The number of carbonyl (C=O) groups excluding carboxylic acids is 2. The molecule has 1 aliphatic rings. The fourth-order valence-corrected chi connectivity index (χ4v) is 4.99. The first-order chi connectivity index (χ1) is 13.5. The number of carbonyl (C=O) groups is 2. The maximum absolute atomic E-state index is 13.0. The molecular weight excluding hydrogens is 392 g/mol. The molecule has 0 saturated carbocycles. The van der Waals surface area contributed by atoms with Crippen molar-refractivity contribution in [3.8, 4) is 10.6 Å². The lowest BCUT2D eigenvalue weighted by Gasteiger charge is -2.22. The third-order valence-electron chi connectivity index (χ3n) is 4.75. The maximum Gasteiger partial charge on any atom is 0.267 e. The number of primary amides is 1. The van der Waals surface area contributed by atoms with Crippen LogP contribution in [-0.4, -0.2) is 29.9 Å². The number of nitrogens with one attached hydrogen (secondary N) is 1. The second-order valence-electron chi connectivity index (χ2n) is 6.69. The smallest absolute Gasteiger partial charge is 0.267 e. The first-order valence-electron chi connectivity index (χ1n) is 9.03. The van der Waals surface area contributed by atoms with Crippen LogP contribution >= 0.6 is 22.7 Å². The summed E-state index contributed by atoms with van der Waals surface area (Å²) >= 11 is 2.97. The van der Waals surface area contributed by atoms with Crippen LogP contribution < -0.4 is 16.0 Å². The highest BCUT2D eigenvalue weighted by Gasteiger charge is 2.21. The van der Waals surface area contributed by atoms with E-state index < -0.39 is 5.91 Å². The molecule has 2 aromatic heterocycles. The van der Waals surface area contributed by atoms with Gasteiger partial charge in [0.25, 0.3) is 5.91 Å². The molecule has 28 heavy (non-hydrogen) atoms. The third-order valence-corrected chi connectivity index (χ3v) is 6.64. The predicted octanol–water partition coefficient (Wildman–Crippen LogP) is 4.13. The number of hydrogen-bond acceptors (Lipinski definition) is 6. The summed E-state index contributed by atoms with van der Waals surface area (Å²) in [5, 5.41) is 7.82. The van der Waals surface area contributed by atoms with E-state index in [4.69, 9.17) is 5.73 Å². The van der Waals surface area contributed by atoms with Crippen LogP contribution in [0, 0.1) is 6.92 Å². The molecule has 0 bridgehead atoms. The van der Waals surface area contributed by atoms with E-state index in [9.17, 15) is 9.59 Å². The molecule has 6 nitrogen and oxygen atoms in total. The maximum atomic E-state index is 13.0. The monoisotopic (exact) mass is 412 g/mol. The minimum absolute atomic E-state index is 0.224. The van der Waals surface area contributed by atoms with Crippen molar-refractivity contribution in [2.75, 3.05) is 23.3 Å². The Morgan fingerprint density at radius 1 is 1.21 bits per heavy atom. The standard InChI is InChI=1S/C20H20N4O2S2/c1-12-17(28-20(22-12)14-6-9-27-11-14)19(26)23-15-10-13(18(21)25)4-5-16(15)24-7-2-3-8-24/h4-6,9-11H,2-3,7-8H2,1H3,(H2,21,25)(H,23,26). The predicted molar refractivity (Wildman–Crippen MR) is 115 cm³/mol. The fourth-order valence-electron chi connectivity index (χ4n) is 3.32. The minimum atomic E-state index is -0.516. The normalized spacial score (nSPS) is 13.7. The number of thiophene rings is 1. The van der Waals surface area contributed by atoms with E-state index in [0.717, 1.165) is 42.2 Å². The zero-order chi connectivity index (χ0) is 19.7. The molecule has 1 fully saturated rings. The van der Waals surface area contributed by atoms with Crippen molar-refractivity contribution >= 4 is 45.9 Å². The summed E-state index contributed by atoms with van der Waals surface area (Å²) in [6.45, 7) is 3.70. The van der Waals surface area contributed by atoms with Crippen molar-refractivity contribution in [3.63, 3.8) is 0 Å². The number of amides is 2. The van der Waals surface area contributed by atoms with Crippen LogP contribution in [0.1, 0.15) is 38.6 Å². The summed E-state index contributed by atoms with van der Waals surface area (Å²) in [5.74, 6) is -0.740. The molecule has 1 aromatic carbocycles. The van der Waals surface area contributed by atoms with Crippen LogP contribution in [0.5, 0.6) is 0 Å². The van der Waals surface area contributed by atoms with Crippen LogP contribution in [0.25, 0.3) is 10.6 Å². The van der Waals surface area contributed by atoms with Crippen LogP contribution in [-0.2, 0) is 0 Å². The van der Waals surface area contributed by atoms with E-state index in [1.165, 1.54) is 11.3 Å². The van der Waals surface area contributed by atoms with E-state index in [-0.39, 0.29) is 5.91 Å². The number of hydrogen-bond donors (Lipinski definition) is 2. The Labute approximate surface area is 171 Å². The van der Waals surface area contributed by atoms with Gasteiger partial charge in [0.15, 0.2) is 0 Å². The van der Waals surface area contributed by atoms with Crippen molar-refractivity contribution in [1.29, 1.82) is 0 Å². The molecule has 8 heteroatoms. The number of thiazole rings is 1. The Morgan fingerprint density at radius 2 is 2.00 bits per heavy atom. The molecule has 0 radical (unpaired) electrons. The van der Waals surface area contributed by atoms with Gasteiger partial charge in [-0.15, -0.1) is 11.3 Å². The lowest BCUT2D eigenvalue weighted by atomic mass is 10.1. The van der Waals surface area contributed by atoms with Gasteiger partial charge in [-0.1, -0.05) is 0 Å². The molecule has 1 saturated heterocycles. The Balaban J connectivity index is 1.65. The van der Waals surface area contributed by atoms with E-state index in [1.54, 1.807) is 23.5 Å². The van der Waals surface area contributed by atoms with Crippen LogP contribution in [0.15, 0.2) is 35.0 Å². The molecule has 3 aromatic rings. The van der Waals surface area contributed by atoms with Crippen LogP contribution in [0.2, 0.25) is 0 Å². The summed E-state index contributed by atoms with van der Waals surface area (Å²) < 4.78 is 0. The van der Waals surface area contributed by atoms with Gasteiger partial charge >= 0.3 is 0 Å². The Bertz CT molecular complexity index is 1020. The fraction of sp³-hybridized carbons (Fsp3) is 0.250. The van der Waals surface area contributed by atoms with E-state index in [2.05, 4.69) is 15.2 Å². The second-order valence-corrected chi connectivity index (χ2v) is 8.47. The van der Waals surface area contributed by atoms with Gasteiger partial charge in [-0.05, 0) is 49.4 Å². The first-order valence-corrected chi connectivity index (χ1v) is 10.8. The molecule has 0 aliphatic carbocycles. The Hall–Kier alpha value is -2.71. The summed E-state index contributed by atoms with van der Waals surface area (Å²) in [7, 11) is 0. The SMILES string of the molecule is Cc1nc(-c2ccsc2)sc1C(=O)Nc1cc(C(N)=O)ccc1N1CCCC1. The quantitative estimate of drug-likeness (QED) is 0.659. The Kier molecular flexibility index (Phi) is 5.15. The van der Waals surface area contributed by atoms with Crippen LogP contribution in [0.3, 0.4) is 0 Å². The number of anilines is 2. The van der Waals surface area contributed by atoms with Gasteiger partial charge in [-0.3, -0.25) is 9.59 Å². The highest BCUT2D eigenvalue weighted by atomic mass is 32.1. The lowest BCUT2D eigenvalue weighted by Crippen LogP contribution is -2.22. The lowest BCUT2D eigenvalue weighted by molar-refractivity contribution is 0.0996. The van der Waals surface area contributed by atoms with Crippen molar-refractivity contribution in [1.82, 2.24) is 4.98 Å². The number of rotatable bonds is 5.